The molecule has 0 aromatic carbocycles. The molecule has 0 N–H and O–H groups in total. The van der Waals surface area contributed by atoms with Gasteiger partial charge in [-0.1, -0.05) is 52.4 Å². The van der Waals surface area contributed by atoms with Crippen LogP contribution >= 0.6 is 0 Å². The maximum atomic E-state index is 15.3. The number of sulfone groups is 1. The molecule has 0 radical (unpaired) electrons. The summed E-state index contributed by atoms with van der Waals surface area (Å²) in [5.74, 6) is -6.92. The van der Waals surface area contributed by atoms with Crippen molar-refractivity contribution in [3.05, 3.63) is 0 Å². The minimum absolute atomic E-state index is 0.0260. The molecular weight excluding hydrogens is 689 g/mol. The molecule has 3 saturated carbocycles. The lowest BCUT2D eigenvalue weighted by Gasteiger charge is -2.39. The summed E-state index contributed by atoms with van der Waals surface area (Å²) in [6.45, 7) is 9.34. The molecule has 2 heterocycles. The van der Waals surface area contributed by atoms with Gasteiger partial charge in [0.2, 0.25) is 17.6 Å². The Morgan fingerprint density at radius 1 is 0.827 bits per heavy atom. The van der Waals surface area contributed by atoms with E-state index in [0.717, 1.165) is 32.1 Å². The fraction of sp³-hybridized carbons (Fsp3) is 0.878. The highest BCUT2D eigenvalue weighted by atomic mass is 32.2. The summed E-state index contributed by atoms with van der Waals surface area (Å²) < 4.78 is 56.5. The molecule has 5 fully saturated rings. The second-order valence-electron chi connectivity index (χ2n) is 19.1. The summed E-state index contributed by atoms with van der Waals surface area (Å²) in [7, 11) is -3.56. The van der Waals surface area contributed by atoms with Crippen LogP contribution in [0.1, 0.15) is 157 Å². The Morgan fingerprint density at radius 2 is 1.44 bits per heavy atom. The number of ketones is 4. The molecule has 294 valence electrons. The second-order valence-corrected chi connectivity index (χ2v) is 21.8. The number of alkyl halides is 2. The van der Waals surface area contributed by atoms with Gasteiger partial charge in [-0.05, 0) is 94.3 Å². The van der Waals surface area contributed by atoms with E-state index in [-0.39, 0.29) is 92.0 Å². The third kappa shape index (κ3) is 9.60. The van der Waals surface area contributed by atoms with Crippen molar-refractivity contribution in [2.45, 2.75) is 173 Å². The monoisotopic (exact) mass is 751 g/mol. The standard InChI is InChI=1S/C41H63F2NO7S/c1-38(2,3)52(50,51)26-40(17-10-8-11-18-40)24-30(45)22-29-16-20-41(42,43)19-12-7-6-9-13-28(36(48)33(47)21-27-14-15-27)23-32(46)35-34-31(39(34,4)5)25-44(35)37(29)49/h27-29,31,34-35H,6-26H2,1-5H3/t28-,29-,31+,34+,35-/m1/s1. The average Bonchev–Trinajstić information content (AvgIpc) is 3.89. The van der Waals surface area contributed by atoms with E-state index >= 15 is 8.78 Å². The maximum absolute atomic E-state index is 15.3. The number of nitrogens with zero attached hydrogens (tertiary/aromatic N) is 1. The number of amides is 1. The number of carbonyl (C=O) groups is 5. The molecule has 5 aliphatic rings. The SMILES string of the molecule is CC1(C)[C@@H]2[C@H]3C(=O)C[C@H](C(=O)C(=O)CC4CC4)CCCCCCC(F)(F)CC[C@H](CC(=O)CC4(CS(=O)(=O)C(C)(C)C)CCCCC4)C(=O)N3C[C@@H]21. The fourth-order valence-corrected chi connectivity index (χ4v) is 11.4. The number of hydrogen-bond acceptors (Lipinski definition) is 7. The Labute approximate surface area is 310 Å². The highest BCUT2D eigenvalue weighted by molar-refractivity contribution is 7.92. The van der Waals surface area contributed by atoms with E-state index in [1.165, 1.54) is 4.90 Å². The minimum atomic E-state index is -3.56. The van der Waals surface area contributed by atoms with Gasteiger partial charge in [0.25, 0.3) is 0 Å². The van der Waals surface area contributed by atoms with E-state index < -0.39 is 67.7 Å². The van der Waals surface area contributed by atoms with Crippen LogP contribution in [0.25, 0.3) is 0 Å². The first-order valence-corrected chi connectivity index (χ1v) is 21.8. The highest BCUT2D eigenvalue weighted by Crippen LogP contribution is 2.65. The third-order valence-electron chi connectivity index (χ3n) is 13.5. The molecule has 52 heavy (non-hydrogen) atoms. The summed E-state index contributed by atoms with van der Waals surface area (Å²) in [5.41, 5.74) is -0.980. The van der Waals surface area contributed by atoms with Crippen LogP contribution in [-0.4, -0.2) is 71.4 Å². The molecule has 5 atom stereocenters. The Morgan fingerprint density at radius 3 is 2.08 bits per heavy atom. The number of hydrogen-bond donors (Lipinski definition) is 0. The van der Waals surface area contributed by atoms with Crippen molar-refractivity contribution in [2.24, 2.45) is 40.4 Å². The number of Topliss-reactive ketones (excluding diaryl/α,β-unsaturated/α-hetero) is 4. The predicted octanol–water partition coefficient (Wildman–Crippen LogP) is 7.88. The molecule has 2 aliphatic heterocycles. The number of fused-ring (bicyclic) bond motifs is 3. The summed E-state index contributed by atoms with van der Waals surface area (Å²) >= 11 is 0. The number of carbonyl (C=O) groups excluding carboxylic acids is 5. The number of rotatable bonds is 10. The van der Waals surface area contributed by atoms with E-state index in [4.69, 9.17) is 0 Å². The lowest BCUT2D eigenvalue weighted by Crippen LogP contribution is -2.49. The van der Waals surface area contributed by atoms with Crippen LogP contribution in [0.5, 0.6) is 0 Å². The van der Waals surface area contributed by atoms with Gasteiger partial charge in [0.15, 0.2) is 21.4 Å². The zero-order valence-electron chi connectivity index (χ0n) is 32.3. The number of halogens is 2. The molecule has 0 spiro atoms. The van der Waals surface area contributed by atoms with Crippen LogP contribution in [-0.2, 0) is 33.8 Å². The van der Waals surface area contributed by atoms with E-state index in [0.29, 0.717) is 38.5 Å². The third-order valence-corrected chi connectivity index (χ3v) is 16.4. The van der Waals surface area contributed by atoms with Crippen LogP contribution in [0.3, 0.4) is 0 Å². The summed E-state index contributed by atoms with van der Waals surface area (Å²) in [6.07, 6.45) is 6.49. The largest absolute Gasteiger partial charge is 0.332 e. The van der Waals surface area contributed by atoms with Gasteiger partial charge in [-0.2, -0.15) is 0 Å². The van der Waals surface area contributed by atoms with Gasteiger partial charge in [-0.25, -0.2) is 17.2 Å². The van der Waals surface area contributed by atoms with Gasteiger partial charge >= 0.3 is 0 Å². The molecule has 11 heteroatoms. The lowest BCUT2D eigenvalue weighted by atomic mass is 9.71. The smallest absolute Gasteiger partial charge is 0.248 e. The molecule has 0 unspecified atom stereocenters. The van der Waals surface area contributed by atoms with E-state index in [2.05, 4.69) is 13.8 Å². The Balaban J connectivity index is 1.40. The van der Waals surface area contributed by atoms with Crippen molar-refractivity contribution in [1.29, 1.82) is 0 Å². The zero-order valence-corrected chi connectivity index (χ0v) is 33.1. The first-order valence-electron chi connectivity index (χ1n) is 20.2. The molecule has 0 aromatic heterocycles. The maximum Gasteiger partial charge on any atom is 0.248 e. The fourth-order valence-electron chi connectivity index (χ4n) is 9.73. The van der Waals surface area contributed by atoms with Crippen LogP contribution in [0, 0.1) is 40.4 Å². The molecule has 3 aliphatic carbocycles. The van der Waals surface area contributed by atoms with Gasteiger partial charge < -0.3 is 4.90 Å². The van der Waals surface area contributed by atoms with Gasteiger partial charge in [0.1, 0.15) is 5.78 Å². The van der Waals surface area contributed by atoms with Crippen molar-refractivity contribution in [3.8, 4) is 0 Å². The lowest BCUT2D eigenvalue weighted by molar-refractivity contribution is -0.146. The van der Waals surface area contributed by atoms with Crippen LogP contribution in [0.15, 0.2) is 0 Å². The first kappa shape index (κ1) is 41.1. The number of piperidine rings is 1. The molecule has 0 bridgehead atoms. The van der Waals surface area contributed by atoms with Crippen LogP contribution in [0.4, 0.5) is 8.78 Å². The van der Waals surface area contributed by atoms with Gasteiger partial charge in [-0.3, -0.25) is 24.0 Å². The van der Waals surface area contributed by atoms with Gasteiger partial charge in [0, 0.05) is 56.9 Å². The molecule has 5 rings (SSSR count). The second kappa shape index (κ2) is 15.6. The van der Waals surface area contributed by atoms with Crippen LogP contribution in [0.2, 0.25) is 0 Å². The Hall–Kier alpha value is -2.04. The molecule has 8 nitrogen and oxygen atoms in total. The summed E-state index contributed by atoms with van der Waals surface area (Å²) in [4.78, 5) is 70.7. The predicted molar refractivity (Wildman–Crippen MR) is 195 cm³/mol. The van der Waals surface area contributed by atoms with Gasteiger partial charge in [0.05, 0.1) is 16.5 Å². The summed E-state index contributed by atoms with van der Waals surface area (Å²) in [6, 6.07) is -0.839. The van der Waals surface area contributed by atoms with E-state index in [9.17, 15) is 32.4 Å². The average molecular weight is 752 g/mol. The normalized spacial score (nSPS) is 31.4. The molecular formula is C41H63F2NO7S. The minimum Gasteiger partial charge on any atom is -0.332 e. The molecule has 0 aromatic rings. The van der Waals surface area contributed by atoms with Crippen molar-refractivity contribution < 1.29 is 41.2 Å². The summed E-state index contributed by atoms with van der Waals surface area (Å²) in [5, 5.41) is 0. The van der Waals surface area contributed by atoms with Crippen molar-refractivity contribution >= 4 is 38.9 Å². The van der Waals surface area contributed by atoms with Gasteiger partial charge in [-0.15, -0.1) is 0 Å². The highest BCUT2D eigenvalue weighted by Gasteiger charge is 2.69. The molecule has 1 amide bonds. The van der Waals surface area contributed by atoms with Crippen LogP contribution < -0.4 is 0 Å². The van der Waals surface area contributed by atoms with E-state index in [1.807, 2.05) is 0 Å². The zero-order chi connectivity index (χ0) is 38.3. The topological polar surface area (TPSA) is 123 Å². The van der Waals surface area contributed by atoms with Crippen molar-refractivity contribution in [2.75, 3.05) is 12.3 Å². The Bertz CT molecular complexity index is 1490. The first-order chi connectivity index (χ1) is 24.2. The Kier molecular flexibility index (Phi) is 12.3. The molecule has 2 saturated heterocycles. The van der Waals surface area contributed by atoms with Crippen molar-refractivity contribution in [1.82, 2.24) is 4.90 Å². The quantitative estimate of drug-likeness (QED) is 0.208. The van der Waals surface area contributed by atoms with E-state index in [1.54, 1.807) is 20.8 Å². The van der Waals surface area contributed by atoms with Crippen molar-refractivity contribution in [3.63, 3.8) is 0 Å².